The molecule has 4 rings (SSSR count). The van der Waals surface area contributed by atoms with Crippen molar-refractivity contribution >= 4 is 40.7 Å². The molecule has 2 amide bonds. The Hall–Kier alpha value is -4.30. The van der Waals surface area contributed by atoms with Crippen LogP contribution in [0, 0.1) is 0 Å². The Morgan fingerprint density at radius 2 is 1.76 bits per heavy atom. The van der Waals surface area contributed by atoms with Crippen molar-refractivity contribution in [3.63, 3.8) is 0 Å². The van der Waals surface area contributed by atoms with Crippen LogP contribution in [-0.2, 0) is 11.3 Å². The van der Waals surface area contributed by atoms with Crippen molar-refractivity contribution in [1.29, 1.82) is 0 Å². The molecule has 2 aromatic carbocycles. The van der Waals surface area contributed by atoms with Crippen LogP contribution in [0.2, 0.25) is 5.15 Å². The summed E-state index contributed by atoms with van der Waals surface area (Å²) in [7, 11) is 0. The molecule has 0 aliphatic carbocycles. The van der Waals surface area contributed by atoms with Gasteiger partial charge in [0.05, 0.1) is 5.69 Å². The second-order valence-corrected chi connectivity index (χ2v) is 7.79. The largest absolute Gasteiger partial charge is 0.348 e. The van der Waals surface area contributed by atoms with E-state index in [4.69, 9.17) is 11.6 Å². The number of carbonyl (C=O) groups is 2. The molecule has 0 saturated carbocycles. The SMILES string of the molecule is CC(=O)Nc1ccc(-c2ccnc(Nc3cccc(C(=O)NCc4ccc(Cl)nc4)c3)n2)cc1. The van der Waals surface area contributed by atoms with Gasteiger partial charge in [0.25, 0.3) is 5.91 Å². The van der Waals surface area contributed by atoms with Crippen molar-refractivity contribution < 1.29 is 9.59 Å². The van der Waals surface area contributed by atoms with Crippen LogP contribution in [0.15, 0.2) is 79.1 Å². The molecule has 2 aromatic heterocycles. The maximum Gasteiger partial charge on any atom is 0.251 e. The van der Waals surface area contributed by atoms with Crippen molar-refractivity contribution in [2.45, 2.75) is 13.5 Å². The van der Waals surface area contributed by atoms with Gasteiger partial charge in [-0.05, 0) is 48.0 Å². The van der Waals surface area contributed by atoms with E-state index in [1.165, 1.54) is 6.92 Å². The van der Waals surface area contributed by atoms with Crippen LogP contribution in [0.1, 0.15) is 22.8 Å². The summed E-state index contributed by atoms with van der Waals surface area (Å²) in [5, 5.41) is 9.15. The highest BCUT2D eigenvalue weighted by Gasteiger charge is 2.08. The molecule has 0 unspecified atom stereocenters. The molecule has 9 heteroatoms. The van der Waals surface area contributed by atoms with E-state index in [9.17, 15) is 9.59 Å². The summed E-state index contributed by atoms with van der Waals surface area (Å²) in [6, 6.07) is 19.7. The predicted molar refractivity (Wildman–Crippen MR) is 132 cm³/mol. The maximum atomic E-state index is 12.6. The van der Waals surface area contributed by atoms with Crippen LogP contribution in [0.5, 0.6) is 0 Å². The molecule has 0 spiro atoms. The Morgan fingerprint density at radius 1 is 0.941 bits per heavy atom. The van der Waals surface area contributed by atoms with Gasteiger partial charge in [0.1, 0.15) is 5.15 Å². The van der Waals surface area contributed by atoms with E-state index < -0.39 is 0 Å². The number of halogens is 1. The molecule has 0 aliphatic rings. The second-order valence-electron chi connectivity index (χ2n) is 7.40. The third-order valence-corrected chi connectivity index (χ3v) is 5.00. The molecule has 34 heavy (non-hydrogen) atoms. The Kier molecular flexibility index (Phi) is 7.10. The molecule has 0 bridgehead atoms. The summed E-state index contributed by atoms with van der Waals surface area (Å²) in [6.07, 6.45) is 3.28. The number of hydrogen-bond donors (Lipinski definition) is 3. The highest BCUT2D eigenvalue weighted by molar-refractivity contribution is 6.29. The average molecular weight is 473 g/mol. The molecule has 170 valence electrons. The summed E-state index contributed by atoms with van der Waals surface area (Å²) in [4.78, 5) is 36.6. The summed E-state index contributed by atoms with van der Waals surface area (Å²) < 4.78 is 0. The Morgan fingerprint density at radius 3 is 2.50 bits per heavy atom. The fourth-order valence-corrected chi connectivity index (χ4v) is 3.28. The predicted octanol–water partition coefficient (Wildman–Crippen LogP) is 4.82. The van der Waals surface area contributed by atoms with Crippen LogP contribution >= 0.6 is 11.6 Å². The number of aromatic nitrogens is 3. The lowest BCUT2D eigenvalue weighted by Gasteiger charge is -2.09. The topological polar surface area (TPSA) is 109 Å². The second kappa shape index (κ2) is 10.5. The number of hydrogen-bond acceptors (Lipinski definition) is 6. The van der Waals surface area contributed by atoms with Crippen molar-refractivity contribution in [1.82, 2.24) is 20.3 Å². The molecule has 3 N–H and O–H groups in total. The minimum absolute atomic E-state index is 0.126. The molecule has 2 heterocycles. The Balaban J connectivity index is 1.43. The van der Waals surface area contributed by atoms with Gasteiger partial charge in [0.15, 0.2) is 0 Å². The molecule has 8 nitrogen and oxygen atoms in total. The first-order valence-corrected chi connectivity index (χ1v) is 10.8. The first-order chi connectivity index (χ1) is 16.5. The number of nitrogens with one attached hydrogen (secondary N) is 3. The molecule has 0 fully saturated rings. The number of nitrogens with zero attached hydrogens (tertiary/aromatic N) is 3. The average Bonchev–Trinajstić information content (AvgIpc) is 2.84. The summed E-state index contributed by atoms with van der Waals surface area (Å²) in [5.41, 5.74) is 4.34. The van der Waals surface area contributed by atoms with Gasteiger partial charge in [0, 0.05) is 48.4 Å². The molecule has 4 aromatic rings. The van der Waals surface area contributed by atoms with Crippen molar-refractivity contribution in [2.24, 2.45) is 0 Å². The van der Waals surface area contributed by atoms with E-state index in [-0.39, 0.29) is 11.8 Å². The van der Waals surface area contributed by atoms with Crippen LogP contribution in [0.3, 0.4) is 0 Å². The van der Waals surface area contributed by atoms with Gasteiger partial charge in [0.2, 0.25) is 11.9 Å². The van der Waals surface area contributed by atoms with Gasteiger partial charge < -0.3 is 16.0 Å². The molecule has 0 radical (unpaired) electrons. The molecular formula is C25H21ClN6O2. The van der Waals surface area contributed by atoms with E-state index >= 15 is 0 Å². The minimum atomic E-state index is -0.215. The Labute approximate surface area is 201 Å². The number of carbonyl (C=O) groups excluding carboxylic acids is 2. The smallest absolute Gasteiger partial charge is 0.251 e. The van der Waals surface area contributed by atoms with Gasteiger partial charge in [-0.25, -0.2) is 15.0 Å². The Bertz CT molecular complexity index is 1310. The third-order valence-electron chi connectivity index (χ3n) is 4.78. The van der Waals surface area contributed by atoms with Crippen LogP contribution < -0.4 is 16.0 Å². The summed E-state index contributed by atoms with van der Waals surface area (Å²) in [5.74, 6) is 0.0555. The van der Waals surface area contributed by atoms with Crippen molar-refractivity contribution in [2.75, 3.05) is 10.6 Å². The van der Waals surface area contributed by atoms with E-state index in [0.717, 1.165) is 16.8 Å². The fraction of sp³-hybridized carbons (Fsp3) is 0.0800. The lowest BCUT2D eigenvalue weighted by atomic mass is 10.1. The highest BCUT2D eigenvalue weighted by atomic mass is 35.5. The number of pyridine rings is 1. The minimum Gasteiger partial charge on any atom is -0.348 e. The van der Waals surface area contributed by atoms with Gasteiger partial charge in [-0.15, -0.1) is 0 Å². The first kappa shape index (κ1) is 22.9. The van der Waals surface area contributed by atoms with Crippen LogP contribution in [-0.4, -0.2) is 26.8 Å². The summed E-state index contributed by atoms with van der Waals surface area (Å²) >= 11 is 5.79. The molecule has 0 atom stereocenters. The van der Waals surface area contributed by atoms with Crippen molar-refractivity contribution in [3.8, 4) is 11.3 Å². The quantitative estimate of drug-likeness (QED) is 0.332. The maximum absolute atomic E-state index is 12.6. The monoisotopic (exact) mass is 472 g/mol. The number of anilines is 3. The number of benzene rings is 2. The molecule has 0 aliphatic heterocycles. The van der Waals surface area contributed by atoms with E-state index in [1.54, 1.807) is 42.7 Å². The zero-order chi connectivity index (χ0) is 23.9. The van der Waals surface area contributed by atoms with Crippen LogP contribution in [0.4, 0.5) is 17.3 Å². The van der Waals surface area contributed by atoms with Crippen LogP contribution in [0.25, 0.3) is 11.3 Å². The number of rotatable bonds is 7. The van der Waals surface area contributed by atoms with E-state index in [1.807, 2.05) is 36.4 Å². The molecular weight excluding hydrogens is 452 g/mol. The molecule has 0 saturated heterocycles. The first-order valence-electron chi connectivity index (χ1n) is 10.4. The van der Waals surface area contributed by atoms with Gasteiger partial charge >= 0.3 is 0 Å². The highest BCUT2D eigenvalue weighted by Crippen LogP contribution is 2.22. The zero-order valence-electron chi connectivity index (χ0n) is 18.2. The van der Waals surface area contributed by atoms with Crippen molar-refractivity contribution in [3.05, 3.63) is 95.4 Å². The standard InChI is InChI=1S/C25H21ClN6O2/c1-16(33)30-20-8-6-18(7-9-20)22-11-12-27-25(32-22)31-21-4-2-3-19(13-21)24(34)29-15-17-5-10-23(26)28-14-17/h2-14H,15H2,1H3,(H,29,34)(H,30,33)(H,27,31,32). The van der Waals surface area contributed by atoms with E-state index in [0.29, 0.717) is 34.6 Å². The van der Waals surface area contributed by atoms with Gasteiger partial charge in [-0.2, -0.15) is 0 Å². The fourth-order valence-electron chi connectivity index (χ4n) is 3.17. The normalized spacial score (nSPS) is 10.4. The van der Waals surface area contributed by atoms with Gasteiger partial charge in [-0.1, -0.05) is 35.9 Å². The lowest BCUT2D eigenvalue weighted by molar-refractivity contribution is -0.114. The zero-order valence-corrected chi connectivity index (χ0v) is 19.0. The summed E-state index contributed by atoms with van der Waals surface area (Å²) in [6.45, 7) is 1.80. The lowest BCUT2D eigenvalue weighted by Crippen LogP contribution is -2.22. The third kappa shape index (κ3) is 6.14. The van der Waals surface area contributed by atoms with Gasteiger partial charge in [-0.3, -0.25) is 9.59 Å². The number of amides is 2. The van der Waals surface area contributed by atoms with E-state index in [2.05, 4.69) is 30.9 Å².